The van der Waals surface area contributed by atoms with E-state index in [4.69, 9.17) is 0 Å². The van der Waals surface area contributed by atoms with Gasteiger partial charge in [-0.25, -0.2) is 0 Å². The fourth-order valence-corrected chi connectivity index (χ4v) is 2.32. The Morgan fingerprint density at radius 3 is 2.47 bits per heavy atom. The lowest BCUT2D eigenvalue weighted by atomic mass is 10.2. The number of rotatable bonds is 8. The maximum atomic E-state index is 11.6. The van der Waals surface area contributed by atoms with Gasteiger partial charge in [0.05, 0.1) is 5.75 Å². The minimum absolute atomic E-state index is 0.0300. The van der Waals surface area contributed by atoms with Crippen molar-refractivity contribution in [3.8, 4) is 0 Å². The molecule has 0 unspecified atom stereocenters. The molecule has 0 aliphatic carbocycles. The van der Waals surface area contributed by atoms with Crippen molar-refractivity contribution in [3.63, 3.8) is 0 Å². The lowest BCUT2D eigenvalue weighted by molar-refractivity contribution is -0.113. The Kier molecular flexibility index (Phi) is 7.11. The second kappa shape index (κ2) is 8.64. The Labute approximate surface area is 120 Å². The number of nitrogens with zero attached hydrogens (tertiary/aromatic N) is 1. The van der Waals surface area contributed by atoms with E-state index in [1.165, 1.54) is 5.69 Å². The Morgan fingerprint density at radius 2 is 1.95 bits per heavy atom. The quantitative estimate of drug-likeness (QED) is 0.584. The van der Waals surface area contributed by atoms with Gasteiger partial charge in [0, 0.05) is 30.2 Å². The third kappa shape index (κ3) is 5.39. The van der Waals surface area contributed by atoms with Gasteiger partial charge in [-0.2, -0.15) is 0 Å². The Morgan fingerprint density at radius 1 is 1.32 bits per heavy atom. The van der Waals surface area contributed by atoms with E-state index in [0.29, 0.717) is 5.75 Å². The summed E-state index contributed by atoms with van der Waals surface area (Å²) in [5, 5.41) is 2.89. The molecule has 0 saturated carbocycles. The summed E-state index contributed by atoms with van der Waals surface area (Å²) in [6.45, 7) is 9.87. The van der Waals surface area contributed by atoms with Crippen LogP contribution in [0.15, 0.2) is 36.9 Å². The Bertz CT molecular complexity index is 399. The minimum atomic E-state index is 0.0300. The molecule has 0 aliphatic heterocycles. The van der Waals surface area contributed by atoms with Crippen LogP contribution in [0.1, 0.15) is 13.8 Å². The number of thioether (sulfide) groups is 1. The van der Waals surface area contributed by atoms with E-state index in [-0.39, 0.29) is 5.91 Å². The normalized spacial score (nSPS) is 10.0. The molecule has 0 aromatic heterocycles. The van der Waals surface area contributed by atoms with Gasteiger partial charge in [0.15, 0.2) is 0 Å². The van der Waals surface area contributed by atoms with Crippen molar-refractivity contribution < 1.29 is 4.79 Å². The second-order valence-corrected chi connectivity index (χ2v) is 5.10. The van der Waals surface area contributed by atoms with Crippen LogP contribution in [-0.2, 0) is 4.79 Å². The van der Waals surface area contributed by atoms with Crippen LogP contribution >= 0.6 is 11.8 Å². The fourth-order valence-electron chi connectivity index (χ4n) is 1.78. The van der Waals surface area contributed by atoms with E-state index in [0.717, 1.165) is 24.5 Å². The molecule has 0 atom stereocenters. The third-order valence-corrected chi connectivity index (χ3v) is 3.69. The zero-order valence-corrected chi connectivity index (χ0v) is 12.5. The van der Waals surface area contributed by atoms with Crippen LogP contribution in [-0.4, -0.2) is 30.5 Å². The van der Waals surface area contributed by atoms with Crippen LogP contribution in [0.4, 0.5) is 11.4 Å². The van der Waals surface area contributed by atoms with Gasteiger partial charge < -0.3 is 10.2 Å². The van der Waals surface area contributed by atoms with Gasteiger partial charge in [0.1, 0.15) is 0 Å². The average Bonchev–Trinajstić information content (AvgIpc) is 2.42. The Hall–Kier alpha value is -1.42. The SMILES string of the molecule is C=CCSCC(=O)Nc1ccc(N(CC)CC)cc1. The molecule has 1 aromatic carbocycles. The number of hydrogen-bond acceptors (Lipinski definition) is 3. The molecule has 0 aliphatic rings. The van der Waals surface area contributed by atoms with Crippen molar-refractivity contribution in [1.29, 1.82) is 0 Å². The first kappa shape index (κ1) is 15.6. The maximum Gasteiger partial charge on any atom is 0.234 e. The van der Waals surface area contributed by atoms with E-state index >= 15 is 0 Å². The minimum Gasteiger partial charge on any atom is -0.372 e. The number of anilines is 2. The first-order valence-electron chi connectivity index (χ1n) is 6.54. The highest BCUT2D eigenvalue weighted by Gasteiger charge is 2.04. The molecular weight excluding hydrogens is 256 g/mol. The summed E-state index contributed by atoms with van der Waals surface area (Å²) in [5.41, 5.74) is 2.03. The van der Waals surface area contributed by atoms with Crippen molar-refractivity contribution in [2.75, 3.05) is 34.8 Å². The summed E-state index contributed by atoms with van der Waals surface area (Å²) < 4.78 is 0. The van der Waals surface area contributed by atoms with Crippen molar-refractivity contribution in [2.24, 2.45) is 0 Å². The van der Waals surface area contributed by atoms with Gasteiger partial charge in [-0.3, -0.25) is 4.79 Å². The van der Waals surface area contributed by atoms with Gasteiger partial charge in [0.2, 0.25) is 5.91 Å². The molecule has 1 aromatic rings. The van der Waals surface area contributed by atoms with E-state index < -0.39 is 0 Å². The summed E-state index contributed by atoms with van der Waals surface area (Å²) >= 11 is 1.56. The Balaban J connectivity index is 2.52. The number of carbonyl (C=O) groups is 1. The summed E-state index contributed by atoms with van der Waals surface area (Å²) in [4.78, 5) is 13.9. The average molecular weight is 278 g/mol. The number of nitrogens with one attached hydrogen (secondary N) is 1. The van der Waals surface area contributed by atoms with E-state index in [9.17, 15) is 4.79 Å². The van der Waals surface area contributed by atoms with Gasteiger partial charge in [0.25, 0.3) is 0 Å². The fraction of sp³-hybridized carbons (Fsp3) is 0.400. The van der Waals surface area contributed by atoms with Crippen LogP contribution < -0.4 is 10.2 Å². The summed E-state index contributed by atoms with van der Waals surface area (Å²) in [6.07, 6.45) is 1.80. The van der Waals surface area contributed by atoms with Crippen LogP contribution in [0.2, 0.25) is 0 Å². The largest absolute Gasteiger partial charge is 0.372 e. The number of hydrogen-bond donors (Lipinski definition) is 1. The second-order valence-electron chi connectivity index (χ2n) is 4.07. The number of carbonyl (C=O) groups excluding carboxylic acids is 1. The number of benzene rings is 1. The molecule has 3 nitrogen and oxygen atoms in total. The first-order chi connectivity index (χ1) is 9.21. The van der Waals surface area contributed by atoms with E-state index in [2.05, 4.69) is 30.6 Å². The van der Waals surface area contributed by atoms with Gasteiger partial charge in [-0.1, -0.05) is 6.08 Å². The predicted octanol–water partition coefficient (Wildman–Crippen LogP) is 3.39. The molecule has 1 rings (SSSR count). The lowest BCUT2D eigenvalue weighted by Crippen LogP contribution is -2.21. The van der Waals surface area contributed by atoms with Crippen molar-refractivity contribution in [2.45, 2.75) is 13.8 Å². The molecule has 104 valence electrons. The summed E-state index contributed by atoms with van der Waals surface area (Å²) in [6, 6.07) is 7.98. The highest BCUT2D eigenvalue weighted by Crippen LogP contribution is 2.17. The van der Waals surface area contributed by atoms with Gasteiger partial charge >= 0.3 is 0 Å². The predicted molar refractivity (Wildman–Crippen MR) is 86.2 cm³/mol. The molecular formula is C15H22N2OS. The smallest absolute Gasteiger partial charge is 0.234 e. The van der Waals surface area contributed by atoms with Gasteiger partial charge in [-0.15, -0.1) is 18.3 Å². The maximum absolute atomic E-state index is 11.6. The van der Waals surface area contributed by atoms with Crippen LogP contribution in [0.3, 0.4) is 0 Å². The summed E-state index contributed by atoms with van der Waals surface area (Å²) in [7, 11) is 0. The molecule has 4 heteroatoms. The van der Waals surface area contributed by atoms with Crippen molar-refractivity contribution in [1.82, 2.24) is 0 Å². The molecule has 0 heterocycles. The molecule has 1 N–H and O–H groups in total. The topological polar surface area (TPSA) is 32.3 Å². The molecule has 19 heavy (non-hydrogen) atoms. The highest BCUT2D eigenvalue weighted by atomic mass is 32.2. The molecule has 0 saturated heterocycles. The monoisotopic (exact) mass is 278 g/mol. The van der Waals surface area contributed by atoms with Crippen LogP contribution in [0.5, 0.6) is 0 Å². The van der Waals surface area contributed by atoms with Crippen molar-refractivity contribution in [3.05, 3.63) is 36.9 Å². The third-order valence-electron chi connectivity index (χ3n) is 2.75. The lowest BCUT2D eigenvalue weighted by Gasteiger charge is -2.21. The summed E-state index contributed by atoms with van der Waals surface area (Å²) in [5.74, 6) is 1.29. The molecule has 1 amide bonds. The highest BCUT2D eigenvalue weighted by molar-refractivity contribution is 8.00. The first-order valence-corrected chi connectivity index (χ1v) is 7.70. The standard InChI is InChI=1S/C15H22N2OS/c1-4-11-19-12-15(18)16-13-7-9-14(10-8-13)17(5-2)6-3/h4,7-10H,1,5-6,11-12H2,2-3H3,(H,16,18). The number of amides is 1. The van der Waals surface area contributed by atoms with Crippen LogP contribution in [0.25, 0.3) is 0 Å². The van der Waals surface area contributed by atoms with Crippen molar-refractivity contribution >= 4 is 29.0 Å². The molecule has 0 bridgehead atoms. The molecule has 0 spiro atoms. The van der Waals surface area contributed by atoms with Gasteiger partial charge in [-0.05, 0) is 38.1 Å². The van der Waals surface area contributed by atoms with Crippen LogP contribution in [0, 0.1) is 0 Å². The zero-order valence-electron chi connectivity index (χ0n) is 11.7. The molecule has 0 radical (unpaired) electrons. The van der Waals surface area contributed by atoms with E-state index in [1.807, 2.05) is 24.3 Å². The van der Waals surface area contributed by atoms with E-state index in [1.54, 1.807) is 17.8 Å². The molecule has 0 fully saturated rings. The zero-order chi connectivity index (χ0) is 14.1.